The number of halogens is 3. The minimum atomic E-state index is -0.594. The number of rotatable bonds is 2. The van der Waals surface area contributed by atoms with E-state index in [1.165, 1.54) is 24.3 Å². The molecule has 0 bridgehead atoms. The van der Waals surface area contributed by atoms with Crippen molar-refractivity contribution in [2.75, 3.05) is 11.1 Å². The first-order chi connectivity index (χ1) is 8.95. The lowest BCUT2D eigenvalue weighted by atomic mass is 10.1. The van der Waals surface area contributed by atoms with Crippen LogP contribution in [0.15, 0.2) is 40.9 Å². The fraction of sp³-hybridized carbons (Fsp3) is 0. The monoisotopic (exact) mass is 326 g/mol. The molecule has 0 aliphatic heterocycles. The maximum Gasteiger partial charge on any atom is 0.255 e. The van der Waals surface area contributed by atoms with E-state index < -0.39 is 17.5 Å². The Morgan fingerprint density at radius 2 is 1.84 bits per heavy atom. The molecule has 2 aromatic rings. The molecule has 2 aromatic carbocycles. The predicted octanol–water partition coefficient (Wildman–Crippen LogP) is 3.56. The Kier molecular flexibility index (Phi) is 3.80. The van der Waals surface area contributed by atoms with E-state index in [1.54, 1.807) is 0 Å². The van der Waals surface area contributed by atoms with Crippen LogP contribution < -0.4 is 11.1 Å². The van der Waals surface area contributed by atoms with Crippen molar-refractivity contribution in [1.29, 1.82) is 0 Å². The fourth-order valence-electron chi connectivity index (χ4n) is 1.53. The van der Waals surface area contributed by atoms with Crippen molar-refractivity contribution < 1.29 is 13.6 Å². The van der Waals surface area contributed by atoms with Gasteiger partial charge in [0.15, 0.2) is 0 Å². The number of nitrogens with two attached hydrogens (primary N) is 1. The predicted molar refractivity (Wildman–Crippen MR) is 72.9 cm³/mol. The molecule has 0 radical (unpaired) electrons. The summed E-state index contributed by atoms with van der Waals surface area (Å²) >= 11 is 3.12. The maximum absolute atomic E-state index is 13.1. The molecule has 3 N–H and O–H groups in total. The van der Waals surface area contributed by atoms with Crippen LogP contribution in [0.2, 0.25) is 0 Å². The Bertz CT molecular complexity index is 626. The zero-order valence-corrected chi connectivity index (χ0v) is 11.2. The van der Waals surface area contributed by atoms with Crippen molar-refractivity contribution in [1.82, 2.24) is 0 Å². The number of anilines is 2. The van der Waals surface area contributed by atoms with Crippen molar-refractivity contribution >= 4 is 33.2 Å². The first-order valence-electron chi connectivity index (χ1n) is 5.28. The third kappa shape index (κ3) is 3.29. The summed E-state index contributed by atoms with van der Waals surface area (Å²) in [5.74, 6) is -1.55. The molecular formula is C13H9BrF2N2O. The molecule has 6 heteroatoms. The van der Waals surface area contributed by atoms with Gasteiger partial charge in [-0.25, -0.2) is 8.78 Å². The van der Waals surface area contributed by atoms with Crippen LogP contribution in [0.4, 0.5) is 20.2 Å². The number of carbonyl (C=O) groups excluding carboxylic acids is 1. The van der Waals surface area contributed by atoms with E-state index in [4.69, 9.17) is 5.73 Å². The first-order valence-corrected chi connectivity index (χ1v) is 6.07. The first kappa shape index (κ1) is 13.5. The smallest absolute Gasteiger partial charge is 0.255 e. The molecule has 0 spiro atoms. The minimum Gasteiger partial charge on any atom is -0.399 e. The Hall–Kier alpha value is -1.95. The minimum absolute atomic E-state index is 0.0914. The van der Waals surface area contributed by atoms with Gasteiger partial charge >= 0.3 is 0 Å². The lowest BCUT2D eigenvalue weighted by Gasteiger charge is -2.08. The molecule has 0 saturated carbocycles. The van der Waals surface area contributed by atoms with Gasteiger partial charge in [-0.3, -0.25) is 4.79 Å². The second kappa shape index (κ2) is 5.36. The van der Waals surface area contributed by atoms with Crippen molar-refractivity contribution in [3.63, 3.8) is 0 Å². The van der Waals surface area contributed by atoms with Crippen molar-refractivity contribution in [2.45, 2.75) is 0 Å². The van der Waals surface area contributed by atoms with Gasteiger partial charge in [0.1, 0.15) is 11.6 Å². The van der Waals surface area contributed by atoms with E-state index in [9.17, 15) is 13.6 Å². The average Bonchev–Trinajstić information content (AvgIpc) is 2.31. The second-order valence-corrected chi connectivity index (χ2v) is 4.71. The Morgan fingerprint density at radius 1 is 1.11 bits per heavy atom. The van der Waals surface area contributed by atoms with Gasteiger partial charge in [0, 0.05) is 15.7 Å². The van der Waals surface area contributed by atoms with Crippen molar-refractivity contribution in [3.8, 4) is 0 Å². The van der Waals surface area contributed by atoms with Gasteiger partial charge in [0.25, 0.3) is 5.91 Å². The molecular weight excluding hydrogens is 318 g/mol. The SMILES string of the molecule is Nc1cc(F)cc(C(=O)Nc2ccc(F)cc2Br)c1. The molecule has 0 atom stereocenters. The van der Waals surface area contributed by atoms with Gasteiger partial charge in [-0.05, 0) is 52.3 Å². The summed E-state index contributed by atoms with van der Waals surface area (Å²) in [4.78, 5) is 11.9. The summed E-state index contributed by atoms with van der Waals surface area (Å²) < 4.78 is 26.4. The third-order valence-electron chi connectivity index (χ3n) is 2.36. The van der Waals surface area contributed by atoms with Crippen LogP contribution in [-0.2, 0) is 0 Å². The van der Waals surface area contributed by atoms with E-state index in [0.717, 1.165) is 12.1 Å². The fourth-order valence-corrected chi connectivity index (χ4v) is 1.98. The zero-order chi connectivity index (χ0) is 14.0. The van der Waals surface area contributed by atoms with Crippen LogP contribution in [0.3, 0.4) is 0 Å². The number of nitrogens with one attached hydrogen (secondary N) is 1. The van der Waals surface area contributed by atoms with Crippen LogP contribution in [0.1, 0.15) is 10.4 Å². The number of hydrogen-bond acceptors (Lipinski definition) is 2. The molecule has 0 aromatic heterocycles. The maximum atomic E-state index is 13.1. The second-order valence-electron chi connectivity index (χ2n) is 3.85. The molecule has 0 saturated heterocycles. The molecule has 0 heterocycles. The van der Waals surface area contributed by atoms with Gasteiger partial charge in [-0.1, -0.05) is 0 Å². The standard InChI is InChI=1S/C13H9BrF2N2O/c14-11-6-8(15)1-2-12(11)18-13(19)7-3-9(16)5-10(17)4-7/h1-6H,17H2,(H,18,19). The van der Waals surface area contributed by atoms with Gasteiger partial charge in [0.05, 0.1) is 5.69 Å². The van der Waals surface area contributed by atoms with E-state index in [1.807, 2.05) is 0 Å². The normalized spacial score (nSPS) is 10.3. The van der Waals surface area contributed by atoms with Crippen molar-refractivity contribution in [2.24, 2.45) is 0 Å². The average molecular weight is 327 g/mol. The van der Waals surface area contributed by atoms with Gasteiger partial charge in [-0.2, -0.15) is 0 Å². The summed E-state index contributed by atoms with van der Waals surface area (Å²) in [6.07, 6.45) is 0. The highest BCUT2D eigenvalue weighted by molar-refractivity contribution is 9.10. The molecule has 0 aliphatic carbocycles. The molecule has 0 unspecified atom stereocenters. The molecule has 2 rings (SSSR count). The van der Waals surface area contributed by atoms with E-state index in [2.05, 4.69) is 21.2 Å². The largest absolute Gasteiger partial charge is 0.399 e. The Labute approximate surface area is 116 Å². The van der Waals surface area contributed by atoms with E-state index in [-0.39, 0.29) is 11.3 Å². The number of benzene rings is 2. The highest BCUT2D eigenvalue weighted by atomic mass is 79.9. The van der Waals surface area contributed by atoms with Gasteiger partial charge < -0.3 is 11.1 Å². The number of amides is 1. The Morgan fingerprint density at radius 3 is 2.47 bits per heavy atom. The van der Waals surface area contributed by atoms with Crippen LogP contribution >= 0.6 is 15.9 Å². The molecule has 19 heavy (non-hydrogen) atoms. The number of hydrogen-bond donors (Lipinski definition) is 2. The zero-order valence-electron chi connectivity index (χ0n) is 9.58. The molecule has 98 valence electrons. The van der Waals surface area contributed by atoms with Gasteiger partial charge in [0.2, 0.25) is 0 Å². The lowest BCUT2D eigenvalue weighted by molar-refractivity contribution is 0.102. The Balaban J connectivity index is 2.25. The van der Waals surface area contributed by atoms with Crippen LogP contribution in [-0.4, -0.2) is 5.91 Å². The van der Waals surface area contributed by atoms with Crippen LogP contribution in [0, 0.1) is 11.6 Å². The van der Waals surface area contributed by atoms with Crippen molar-refractivity contribution in [3.05, 3.63) is 58.1 Å². The van der Waals surface area contributed by atoms with Crippen LogP contribution in [0.25, 0.3) is 0 Å². The van der Waals surface area contributed by atoms with Crippen LogP contribution in [0.5, 0.6) is 0 Å². The lowest BCUT2D eigenvalue weighted by Crippen LogP contribution is -2.13. The summed E-state index contributed by atoms with van der Waals surface area (Å²) in [6.45, 7) is 0. The molecule has 0 aliphatic rings. The highest BCUT2D eigenvalue weighted by Crippen LogP contribution is 2.24. The van der Waals surface area contributed by atoms with E-state index >= 15 is 0 Å². The topological polar surface area (TPSA) is 55.1 Å². The molecule has 3 nitrogen and oxygen atoms in total. The summed E-state index contributed by atoms with van der Waals surface area (Å²) in [5, 5.41) is 2.53. The summed E-state index contributed by atoms with van der Waals surface area (Å²) in [5.41, 5.74) is 6.09. The quantitative estimate of drug-likeness (QED) is 0.829. The third-order valence-corrected chi connectivity index (χ3v) is 3.02. The van der Waals surface area contributed by atoms with Gasteiger partial charge in [-0.15, -0.1) is 0 Å². The summed E-state index contributed by atoms with van der Waals surface area (Å²) in [7, 11) is 0. The number of carbonyl (C=O) groups is 1. The molecule has 1 amide bonds. The van der Waals surface area contributed by atoms with E-state index in [0.29, 0.717) is 10.2 Å². The number of nitrogen functional groups attached to an aromatic ring is 1. The highest BCUT2D eigenvalue weighted by Gasteiger charge is 2.10. The molecule has 0 fully saturated rings. The summed E-state index contributed by atoms with van der Waals surface area (Å²) in [6, 6.07) is 7.37.